The fraction of sp³-hybridized carbons (Fsp3) is 0.860. The lowest BCUT2D eigenvalue weighted by molar-refractivity contribution is -0.143. The van der Waals surface area contributed by atoms with E-state index in [1.54, 1.807) is 6.08 Å². The van der Waals surface area contributed by atoms with E-state index in [0.29, 0.717) is 19.4 Å². The first kappa shape index (κ1) is 61.1. The van der Waals surface area contributed by atoms with Gasteiger partial charge < -0.3 is 20.3 Å². The first-order chi connectivity index (χ1) is 31.0. The van der Waals surface area contributed by atoms with Crippen molar-refractivity contribution in [1.29, 1.82) is 0 Å². The largest absolute Gasteiger partial charge is 0.466 e. The Bertz CT molecular complexity index is 1020. The van der Waals surface area contributed by atoms with Crippen LogP contribution >= 0.6 is 0 Å². The number of carbonyl (C=O) groups excluding carboxylic acids is 2. The molecule has 6 heteroatoms. The van der Waals surface area contributed by atoms with Crippen molar-refractivity contribution in [3.05, 3.63) is 36.5 Å². The number of carbonyl (C=O) groups is 2. The zero-order chi connectivity index (χ0) is 45.8. The molecule has 0 heterocycles. The van der Waals surface area contributed by atoms with Crippen LogP contribution in [0.3, 0.4) is 0 Å². The van der Waals surface area contributed by atoms with E-state index in [1.165, 1.54) is 193 Å². The quantitative estimate of drug-likeness (QED) is 0.0321. The normalized spacial score (nSPS) is 12.9. The van der Waals surface area contributed by atoms with Gasteiger partial charge in [0.25, 0.3) is 0 Å². The van der Waals surface area contributed by atoms with E-state index in [-0.39, 0.29) is 18.5 Å². The number of nitrogens with one attached hydrogen (secondary N) is 1. The van der Waals surface area contributed by atoms with Crippen molar-refractivity contribution in [2.45, 2.75) is 302 Å². The summed E-state index contributed by atoms with van der Waals surface area (Å²) in [6, 6.07) is -0.640. The summed E-state index contributed by atoms with van der Waals surface area (Å²) in [5, 5.41) is 23.1. The highest BCUT2D eigenvalue weighted by molar-refractivity contribution is 5.76. The molecule has 0 aliphatic carbocycles. The minimum absolute atomic E-state index is 0.0215. The monoisotopic (exact) mass is 886 g/mol. The molecule has 0 fully saturated rings. The summed E-state index contributed by atoms with van der Waals surface area (Å²) >= 11 is 0. The first-order valence-corrected chi connectivity index (χ1v) is 27.8. The molecule has 0 radical (unpaired) electrons. The first-order valence-electron chi connectivity index (χ1n) is 27.8. The predicted octanol–water partition coefficient (Wildman–Crippen LogP) is 16.9. The lowest BCUT2D eigenvalue weighted by Gasteiger charge is -2.20. The van der Waals surface area contributed by atoms with Crippen LogP contribution in [0, 0.1) is 0 Å². The predicted molar refractivity (Wildman–Crippen MR) is 273 cm³/mol. The van der Waals surface area contributed by atoms with Gasteiger partial charge in [-0.15, -0.1) is 0 Å². The summed E-state index contributed by atoms with van der Waals surface area (Å²) < 4.78 is 5.44. The molecule has 0 aliphatic heterocycles. The molecule has 0 rings (SSSR count). The highest BCUT2D eigenvalue weighted by atomic mass is 16.5. The van der Waals surface area contributed by atoms with Gasteiger partial charge in [-0.05, 0) is 83.5 Å². The molecular formula is C57H107NO5. The fourth-order valence-corrected chi connectivity index (χ4v) is 8.33. The molecule has 1 amide bonds. The number of hydrogen-bond acceptors (Lipinski definition) is 5. The number of rotatable bonds is 51. The Kier molecular flexibility index (Phi) is 51.1. The number of aliphatic hydroxyl groups excluding tert-OH is 2. The van der Waals surface area contributed by atoms with E-state index in [2.05, 4.69) is 43.5 Å². The van der Waals surface area contributed by atoms with Crippen LogP contribution in [-0.4, -0.2) is 47.4 Å². The van der Waals surface area contributed by atoms with Crippen LogP contribution in [0.15, 0.2) is 36.5 Å². The lowest BCUT2D eigenvalue weighted by Crippen LogP contribution is -2.45. The molecule has 6 nitrogen and oxygen atoms in total. The molecule has 0 bridgehead atoms. The number of unbranched alkanes of at least 4 members (excludes halogenated alkanes) is 36. The Labute approximate surface area is 392 Å². The van der Waals surface area contributed by atoms with Gasteiger partial charge in [-0.25, -0.2) is 0 Å². The van der Waals surface area contributed by atoms with E-state index >= 15 is 0 Å². The molecule has 2 unspecified atom stereocenters. The second-order valence-electron chi connectivity index (χ2n) is 18.9. The number of esters is 1. The van der Waals surface area contributed by atoms with E-state index in [9.17, 15) is 19.8 Å². The minimum Gasteiger partial charge on any atom is -0.466 e. The molecule has 370 valence electrons. The summed E-state index contributed by atoms with van der Waals surface area (Å²) in [6.45, 7) is 4.85. The van der Waals surface area contributed by atoms with Crippen molar-refractivity contribution in [2.75, 3.05) is 13.2 Å². The zero-order valence-electron chi connectivity index (χ0n) is 42.1. The molecular weight excluding hydrogens is 779 g/mol. The molecule has 63 heavy (non-hydrogen) atoms. The van der Waals surface area contributed by atoms with E-state index in [0.717, 1.165) is 70.6 Å². The van der Waals surface area contributed by atoms with Crippen molar-refractivity contribution >= 4 is 11.9 Å². The molecule has 2 atom stereocenters. The van der Waals surface area contributed by atoms with Gasteiger partial charge >= 0.3 is 5.97 Å². The third-order valence-electron chi connectivity index (χ3n) is 12.6. The molecule has 0 aliphatic rings. The van der Waals surface area contributed by atoms with Crippen molar-refractivity contribution < 1.29 is 24.5 Å². The maximum absolute atomic E-state index is 12.5. The van der Waals surface area contributed by atoms with Crippen molar-refractivity contribution in [3.63, 3.8) is 0 Å². The zero-order valence-corrected chi connectivity index (χ0v) is 42.1. The Hall–Kier alpha value is -1.92. The maximum atomic E-state index is 12.5. The standard InChI is InChI=1S/C57H107NO5/c1-3-5-7-9-11-13-15-17-18-19-20-21-23-26-29-33-37-41-45-49-55(60)54(53-59)58-56(61)50-46-42-38-34-30-27-24-22-25-28-32-36-40-44-48-52-63-57(62)51-47-43-39-35-31-16-14-12-10-8-6-4-2/h12,14,25,28,45,49,54-55,59-60H,3-11,13,15-24,26-27,29-44,46-48,50-53H2,1-2H3,(H,58,61)/b14-12-,28-25-,49-45+. The number of aliphatic hydroxyl groups is 2. The summed E-state index contributed by atoms with van der Waals surface area (Å²) in [4.78, 5) is 24.4. The highest BCUT2D eigenvalue weighted by Gasteiger charge is 2.18. The van der Waals surface area contributed by atoms with Gasteiger partial charge in [0, 0.05) is 12.8 Å². The topological polar surface area (TPSA) is 95.9 Å². The second-order valence-corrected chi connectivity index (χ2v) is 18.9. The Balaban J connectivity index is 3.53. The third kappa shape index (κ3) is 49.4. The second kappa shape index (κ2) is 52.7. The average Bonchev–Trinajstić information content (AvgIpc) is 3.28. The van der Waals surface area contributed by atoms with Crippen LogP contribution < -0.4 is 5.32 Å². The molecule has 0 saturated carbocycles. The Morgan fingerprint density at radius 3 is 1.16 bits per heavy atom. The van der Waals surface area contributed by atoms with E-state index in [1.807, 2.05) is 6.08 Å². The number of amides is 1. The van der Waals surface area contributed by atoms with Gasteiger partial charge in [-0.2, -0.15) is 0 Å². The van der Waals surface area contributed by atoms with Gasteiger partial charge in [0.2, 0.25) is 5.91 Å². The smallest absolute Gasteiger partial charge is 0.305 e. The Morgan fingerprint density at radius 1 is 0.429 bits per heavy atom. The van der Waals surface area contributed by atoms with E-state index < -0.39 is 12.1 Å². The van der Waals surface area contributed by atoms with Gasteiger partial charge in [-0.1, -0.05) is 230 Å². The molecule has 0 aromatic heterocycles. The van der Waals surface area contributed by atoms with Gasteiger partial charge in [-0.3, -0.25) is 9.59 Å². The van der Waals surface area contributed by atoms with Gasteiger partial charge in [0.05, 0.1) is 25.4 Å². The molecule has 3 N–H and O–H groups in total. The van der Waals surface area contributed by atoms with Crippen LogP contribution in [0.5, 0.6) is 0 Å². The number of hydrogen-bond donors (Lipinski definition) is 3. The van der Waals surface area contributed by atoms with Crippen LogP contribution in [-0.2, 0) is 14.3 Å². The number of allylic oxidation sites excluding steroid dienone is 5. The lowest BCUT2D eigenvalue weighted by atomic mass is 10.0. The third-order valence-corrected chi connectivity index (χ3v) is 12.6. The van der Waals surface area contributed by atoms with Crippen LogP contribution in [0.25, 0.3) is 0 Å². The van der Waals surface area contributed by atoms with Crippen molar-refractivity contribution in [1.82, 2.24) is 5.32 Å². The van der Waals surface area contributed by atoms with Crippen molar-refractivity contribution in [3.8, 4) is 0 Å². The van der Waals surface area contributed by atoms with Gasteiger partial charge in [0.15, 0.2) is 0 Å². The summed E-state index contributed by atoms with van der Waals surface area (Å²) in [5.41, 5.74) is 0. The molecule has 0 saturated heterocycles. The van der Waals surface area contributed by atoms with Gasteiger partial charge in [0.1, 0.15) is 0 Å². The SMILES string of the molecule is CCCCC/C=C\CCCCCCCC(=O)OCCCCCC/C=C\CCCCCCCCCC(=O)NC(CO)C(O)/C=C/CCCCCCCCCCCCCCCCCCC. The van der Waals surface area contributed by atoms with Crippen molar-refractivity contribution in [2.24, 2.45) is 0 Å². The summed E-state index contributed by atoms with van der Waals surface area (Å²) in [7, 11) is 0. The summed E-state index contributed by atoms with van der Waals surface area (Å²) in [6.07, 6.45) is 64.4. The van der Waals surface area contributed by atoms with E-state index in [4.69, 9.17) is 4.74 Å². The highest BCUT2D eigenvalue weighted by Crippen LogP contribution is 2.16. The van der Waals surface area contributed by atoms with Crippen LogP contribution in [0.1, 0.15) is 290 Å². The van der Waals surface area contributed by atoms with Crippen LogP contribution in [0.4, 0.5) is 0 Å². The molecule has 0 aromatic rings. The average molecular weight is 886 g/mol. The number of ether oxygens (including phenoxy) is 1. The molecule has 0 spiro atoms. The maximum Gasteiger partial charge on any atom is 0.305 e. The minimum atomic E-state index is -0.855. The Morgan fingerprint density at radius 2 is 0.746 bits per heavy atom. The molecule has 0 aromatic carbocycles. The summed E-state index contributed by atoms with van der Waals surface area (Å²) in [5.74, 6) is -0.104. The van der Waals surface area contributed by atoms with Crippen LogP contribution in [0.2, 0.25) is 0 Å². The fourth-order valence-electron chi connectivity index (χ4n) is 8.33.